The van der Waals surface area contributed by atoms with Crippen LogP contribution < -0.4 is 11.1 Å². The van der Waals surface area contributed by atoms with Gasteiger partial charge in [0.05, 0.1) is 12.1 Å². The summed E-state index contributed by atoms with van der Waals surface area (Å²) in [6, 6.07) is 14.1. The number of amides is 1. The van der Waals surface area contributed by atoms with Crippen molar-refractivity contribution in [2.75, 3.05) is 0 Å². The van der Waals surface area contributed by atoms with E-state index in [1.54, 1.807) is 0 Å². The number of hydrogen-bond donors (Lipinski definition) is 2. The van der Waals surface area contributed by atoms with Crippen LogP contribution in [0, 0.1) is 5.92 Å². The number of fused-ring (bicyclic) bond motifs is 1. The molecule has 0 aromatic heterocycles. The fourth-order valence-corrected chi connectivity index (χ4v) is 4.58. The quantitative estimate of drug-likeness (QED) is 0.652. The minimum absolute atomic E-state index is 0.0454. The summed E-state index contributed by atoms with van der Waals surface area (Å²) in [5.74, 6) is 0.503. The van der Waals surface area contributed by atoms with Gasteiger partial charge in [0.15, 0.2) is 6.10 Å². The van der Waals surface area contributed by atoms with E-state index in [1.165, 1.54) is 37.5 Å². The first kappa shape index (κ1) is 21.8. The van der Waals surface area contributed by atoms with Crippen LogP contribution in [0.3, 0.4) is 0 Å². The molecule has 1 aliphatic carbocycles. The maximum atomic E-state index is 13.2. The highest BCUT2D eigenvalue weighted by Crippen LogP contribution is 2.28. The molecule has 1 unspecified atom stereocenters. The van der Waals surface area contributed by atoms with Crippen LogP contribution in [0.5, 0.6) is 0 Å². The van der Waals surface area contributed by atoms with E-state index in [1.807, 2.05) is 39.0 Å². The van der Waals surface area contributed by atoms with Gasteiger partial charge in [-0.1, -0.05) is 74.6 Å². The lowest BCUT2D eigenvalue weighted by Crippen LogP contribution is -2.50. The number of hydrogen-bond acceptors (Lipinski definition) is 3. The second-order valence-corrected chi connectivity index (χ2v) is 8.81. The number of carbonyl (C=O) groups excluding carboxylic acids is 1. The maximum absolute atomic E-state index is 13.2. The molecular formula is C25H36N2O2. The minimum atomic E-state index is -0.616. The number of nitrogens with two attached hydrogens (primary N) is 1. The summed E-state index contributed by atoms with van der Waals surface area (Å²) in [7, 11) is 0. The smallest absolute Gasteiger partial charge is 0.251 e. The number of benzene rings is 2. The van der Waals surface area contributed by atoms with Crippen LogP contribution in [-0.2, 0) is 9.53 Å². The lowest BCUT2D eigenvalue weighted by Gasteiger charge is -2.31. The molecule has 4 nitrogen and oxygen atoms in total. The molecule has 3 rings (SSSR count). The molecular weight excluding hydrogens is 360 g/mol. The molecule has 2 aromatic rings. The van der Waals surface area contributed by atoms with Crippen molar-refractivity contribution in [3.05, 3.63) is 48.0 Å². The Morgan fingerprint density at radius 3 is 2.48 bits per heavy atom. The van der Waals surface area contributed by atoms with E-state index in [-0.39, 0.29) is 24.1 Å². The van der Waals surface area contributed by atoms with Crippen molar-refractivity contribution < 1.29 is 9.53 Å². The van der Waals surface area contributed by atoms with E-state index in [0.29, 0.717) is 5.92 Å². The van der Waals surface area contributed by atoms with E-state index in [0.717, 1.165) is 17.4 Å². The van der Waals surface area contributed by atoms with Gasteiger partial charge in [-0.2, -0.15) is 0 Å². The number of nitrogens with one attached hydrogen (secondary N) is 1. The molecule has 0 saturated heterocycles. The van der Waals surface area contributed by atoms with Crippen LogP contribution in [-0.4, -0.2) is 24.2 Å². The monoisotopic (exact) mass is 396 g/mol. The fourth-order valence-electron chi connectivity index (χ4n) is 4.58. The van der Waals surface area contributed by atoms with Crippen molar-refractivity contribution in [2.45, 2.75) is 83.6 Å². The predicted molar refractivity (Wildman–Crippen MR) is 120 cm³/mol. The zero-order valence-electron chi connectivity index (χ0n) is 18.1. The molecule has 158 valence electrons. The van der Waals surface area contributed by atoms with Gasteiger partial charge >= 0.3 is 0 Å². The number of carbonyl (C=O) groups is 1. The summed E-state index contributed by atoms with van der Waals surface area (Å²) in [6.07, 6.45) is 6.50. The Kier molecular flexibility index (Phi) is 7.68. The maximum Gasteiger partial charge on any atom is 0.251 e. The first-order valence-electron chi connectivity index (χ1n) is 11.1. The molecule has 0 heterocycles. The van der Waals surface area contributed by atoms with Gasteiger partial charge in [0, 0.05) is 6.04 Å². The number of ether oxygens (including phenoxy) is 1. The topological polar surface area (TPSA) is 64.3 Å². The Labute approximate surface area is 175 Å². The van der Waals surface area contributed by atoms with E-state index < -0.39 is 6.10 Å². The number of rotatable bonds is 8. The largest absolute Gasteiger partial charge is 0.364 e. The third kappa shape index (κ3) is 5.80. The van der Waals surface area contributed by atoms with Crippen LogP contribution in [0.4, 0.5) is 0 Å². The molecule has 1 amide bonds. The van der Waals surface area contributed by atoms with Crippen LogP contribution in [0.15, 0.2) is 42.5 Å². The highest BCUT2D eigenvalue weighted by atomic mass is 16.5. The molecule has 1 aliphatic rings. The SMILES string of the molecule is CC(C)OC(C(=O)N[C@@H](C)c1cccc2ccccc12)[C@H](N)CC1CCCCC1. The molecule has 3 atom stereocenters. The lowest BCUT2D eigenvalue weighted by atomic mass is 9.84. The molecule has 1 fully saturated rings. The van der Waals surface area contributed by atoms with Crippen molar-refractivity contribution in [1.82, 2.24) is 5.32 Å². The third-order valence-electron chi connectivity index (χ3n) is 6.04. The summed E-state index contributed by atoms with van der Waals surface area (Å²) in [6.45, 7) is 5.95. The zero-order valence-corrected chi connectivity index (χ0v) is 18.1. The van der Waals surface area contributed by atoms with Gasteiger partial charge < -0.3 is 15.8 Å². The van der Waals surface area contributed by atoms with Crippen molar-refractivity contribution >= 4 is 16.7 Å². The molecule has 29 heavy (non-hydrogen) atoms. The Morgan fingerprint density at radius 1 is 1.07 bits per heavy atom. The molecule has 0 bridgehead atoms. The standard InChI is InChI=1S/C25H36N2O2/c1-17(2)29-24(23(26)16-19-10-5-4-6-11-19)25(28)27-18(3)21-15-9-13-20-12-7-8-14-22(20)21/h7-9,12-15,17-19,23-24H,4-6,10-11,16,26H2,1-3H3,(H,27,28)/t18-,23+,24?/m0/s1. The normalized spacial score (nSPS) is 18.5. The molecule has 0 radical (unpaired) electrons. The summed E-state index contributed by atoms with van der Waals surface area (Å²) < 4.78 is 6.00. The van der Waals surface area contributed by atoms with Crippen LogP contribution in [0.25, 0.3) is 10.8 Å². The minimum Gasteiger partial charge on any atom is -0.364 e. The molecule has 2 aromatic carbocycles. The molecule has 4 heteroatoms. The van der Waals surface area contributed by atoms with Gasteiger partial charge in [-0.15, -0.1) is 0 Å². The lowest BCUT2D eigenvalue weighted by molar-refractivity contribution is -0.138. The summed E-state index contributed by atoms with van der Waals surface area (Å²) >= 11 is 0. The molecule has 0 aliphatic heterocycles. The Morgan fingerprint density at radius 2 is 1.76 bits per heavy atom. The first-order chi connectivity index (χ1) is 14.0. The van der Waals surface area contributed by atoms with Crippen molar-refractivity contribution in [1.29, 1.82) is 0 Å². The van der Waals surface area contributed by atoms with Crippen LogP contribution in [0.1, 0.15) is 70.9 Å². The van der Waals surface area contributed by atoms with Gasteiger partial charge in [-0.25, -0.2) is 0 Å². The van der Waals surface area contributed by atoms with Gasteiger partial charge in [-0.3, -0.25) is 4.79 Å². The predicted octanol–water partition coefficient (Wildman–Crippen LogP) is 5.11. The molecule has 3 N–H and O–H groups in total. The second kappa shape index (κ2) is 10.2. The van der Waals surface area contributed by atoms with Crippen LogP contribution in [0.2, 0.25) is 0 Å². The Bertz CT molecular complexity index is 793. The van der Waals surface area contributed by atoms with E-state index in [9.17, 15) is 4.79 Å². The first-order valence-corrected chi connectivity index (χ1v) is 11.1. The van der Waals surface area contributed by atoms with Crippen molar-refractivity contribution in [3.8, 4) is 0 Å². The Balaban J connectivity index is 1.71. The van der Waals surface area contributed by atoms with Crippen LogP contribution >= 0.6 is 0 Å². The van der Waals surface area contributed by atoms with E-state index in [2.05, 4.69) is 29.6 Å². The van der Waals surface area contributed by atoms with E-state index in [4.69, 9.17) is 10.5 Å². The third-order valence-corrected chi connectivity index (χ3v) is 6.04. The van der Waals surface area contributed by atoms with Crippen molar-refractivity contribution in [3.63, 3.8) is 0 Å². The summed E-state index contributed by atoms with van der Waals surface area (Å²) in [4.78, 5) is 13.2. The van der Waals surface area contributed by atoms with E-state index >= 15 is 0 Å². The van der Waals surface area contributed by atoms with Gasteiger partial charge in [0.1, 0.15) is 0 Å². The molecule has 1 saturated carbocycles. The van der Waals surface area contributed by atoms with Gasteiger partial charge in [-0.05, 0) is 49.4 Å². The summed E-state index contributed by atoms with van der Waals surface area (Å²) in [5.41, 5.74) is 7.63. The highest BCUT2D eigenvalue weighted by molar-refractivity contribution is 5.87. The zero-order chi connectivity index (χ0) is 20.8. The highest BCUT2D eigenvalue weighted by Gasteiger charge is 2.31. The second-order valence-electron chi connectivity index (χ2n) is 8.81. The average Bonchev–Trinajstić information content (AvgIpc) is 2.72. The fraction of sp³-hybridized carbons (Fsp3) is 0.560. The average molecular weight is 397 g/mol. The Hall–Kier alpha value is -1.91. The van der Waals surface area contributed by atoms with Crippen molar-refractivity contribution in [2.24, 2.45) is 11.7 Å². The summed E-state index contributed by atoms with van der Waals surface area (Å²) in [5, 5.41) is 5.51. The van der Waals surface area contributed by atoms with Gasteiger partial charge in [0.25, 0.3) is 5.91 Å². The van der Waals surface area contributed by atoms with Gasteiger partial charge in [0.2, 0.25) is 0 Å². The molecule has 0 spiro atoms.